The van der Waals surface area contributed by atoms with Gasteiger partial charge in [0.25, 0.3) is 0 Å². The molecule has 0 atom stereocenters. The Labute approximate surface area is 164 Å². The zero-order chi connectivity index (χ0) is 19.3. The predicted octanol–water partition coefficient (Wildman–Crippen LogP) is 5.58. The lowest BCUT2D eigenvalue weighted by Gasteiger charge is -2.16. The minimum Gasteiger partial charge on any atom is -0.324 e. The summed E-state index contributed by atoms with van der Waals surface area (Å²) in [5.74, 6) is 0. The van der Waals surface area contributed by atoms with Crippen LogP contribution in [0.15, 0.2) is 65.5 Å². The van der Waals surface area contributed by atoms with Crippen LogP contribution in [0.5, 0.6) is 0 Å². The number of hydrogen-bond acceptors (Lipinski definition) is 3. The van der Waals surface area contributed by atoms with Gasteiger partial charge in [0.05, 0.1) is 16.7 Å². The molecule has 0 amide bonds. The molecule has 0 aliphatic rings. The Bertz CT molecular complexity index is 1150. The van der Waals surface area contributed by atoms with Crippen LogP contribution in [0.3, 0.4) is 0 Å². The summed E-state index contributed by atoms with van der Waals surface area (Å²) < 4.78 is 2.18. The van der Waals surface area contributed by atoms with Crippen LogP contribution < -0.4 is 5.43 Å². The van der Waals surface area contributed by atoms with Crippen LogP contribution >= 0.6 is 0 Å². The van der Waals surface area contributed by atoms with Gasteiger partial charge in [0.15, 0.2) is 11.2 Å². The number of unbranched alkanes of at least 4 members (excludes halogenated alkanes) is 4. The van der Waals surface area contributed by atoms with Crippen molar-refractivity contribution in [1.29, 1.82) is 0 Å². The Morgan fingerprint density at radius 2 is 1.50 bits per heavy atom. The number of nitrogens with zero attached hydrogens (tertiary/aromatic N) is 3. The summed E-state index contributed by atoms with van der Waals surface area (Å²) in [6, 6.07) is 19.5. The molecule has 0 fully saturated rings. The second-order valence-electron chi connectivity index (χ2n) is 7.21. The quantitative estimate of drug-likeness (QED) is 0.315. The number of aromatic nitrogens is 3. The highest BCUT2D eigenvalue weighted by Gasteiger charge is 2.14. The van der Waals surface area contributed by atoms with Crippen molar-refractivity contribution < 1.29 is 0 Å². The van der Waals surface area contributed by atoms with Crippen LogP contribution in [-0.4, -0.2) is 14.5 Å². The van der Waals surface area contributed by atoms with Crippen molar-refractivity contribution in [1.82, 2.24) is 14.5 Å². The summed E-state index contributed by atoms with van der Waals surface area (Å²) in [6.45, 7) is 3.06. The topological polar surface area (TPSA) is 47.8 Å². The smallest absolute Gasteiger partial charge is 0.210 e. The molecule has 0 aliphatic carbocycles. The molecule has 2 aromatic heterocycles. The van der Waals surface area contributed by atoms with E-state index >= 15 is 0 Å². The van der Waals surface area contributed by atoms with Crippen LogP contribution in [0.25, 0.3) is 33.5 Å². The van der Waals surface area contributed by atoms with Crippen molar-refractivity contribution >= 4 is 22.2 Å². The molecule has 0 N–H and O–H groups in total. The van der Waals surface area contributed by atoms with E-state index in [-0.39, 0.29) is 5.43 Å². The van der Waals surface area contributed by atoms with Crippen LogP contribution in [-0.2, 0) is 6.54 Å². The van der Waals surface area contributed by atoms with Gasteiger partial charge in [-0.15, -0.1) is 0 Å². The molecule has 4 nitrogen and oxygen atoms in total. The van der Waals surface area contributed by atoms with Crippen molar-refractivity contribution in [2.75, 3.05) is 0 Å². The molecule has 0 saturated heterocycles. The number of para-hydroxylation sites is 2. The number of rotatable bonds is 7. The molecule has 142 valence electrons. The molecule has 0 saturated carbocycles. The average Bonchev–Trinajstić information content (AvgIpc) is 2.74. The molecule has 4 rings (SSSR count). The lowest BCUT2D eigenvalue weighted by atomic mass is 10.1. The van der Waals surface area contributed by atoms with E-state index in [0.29, 0.717) is 11.2 Å². The summed E-state index contributed by atoms with van der Waals surface area (Å²) in [7, 11) is 0. The Morgan fingerprint density at radius 3 is 2.25 bits per heavy atom. The molecule has 2 aromatic carbocycles. The van der Waals surface area contributed by atoms with E-state index in [9.17, 15) is 4.79 Å². The van der Waals surface area contributed by atoms with Crippen LogP contribution in [0.1, 0.15) is 39.0 Å². The third-order valence-corrected chi connectivity index (χ3v) is 5.15. The van der Waals surface area contributed by atoms with E-state index in [1.165, 1.54) is 25.7 Å². The fraction of sp³-hybridized carbons (Fsp3) is 0.292. The molecule has 28 heavy (non-hydrogen) atoms. The van der Waals surface area contributed by atoms with Crippen LogP contribution in [0, 0.1) is 0 Å². The van der Waals surface area contributed by atoms with Gasteiger partial charge in [-0.1, -0.05) is 75.1 Å². The Balaban J connectivity index is 1.87. The largest absolute Gasteiger partial charge is 0.324 e. The molecule has 0 spiro atoms. The standard InChI is InChI=1S/C24H25N3O/c1-2-3-4-5-11-16-27-21(18-12-7-6-8-13-18)17-22(28)23-24(27)26-20-15-10-9-14-19(20)25-23/h6-10,12-15,17H,2-5,11,16H2,1H3. The van der Waals surface area contributed by atoms with Gasteiger partial charge in [-0.2, -0.15) is 0 Å². The first-order valence-corrected chi connectivity index (χ1v) is 10.1. The molecule has 4 aromatic rings. The lowest BCUT2D eigenvalue weighted by molar-refractivity contribution is 0.576. The first kappa shape index (κ1) is 18.4. The van der Waals surface area contributed by atoms with Gasteiger partial charge in [0, 0.05) is 12.6 Å². The monoisotopic (exact) mass is 371 g/mol. The minimum absolute atomic E-state index is 0.0747. The van der Waals surface area contributed by atoms with Crippen LogP contribution in [0.4, 0.5) is 0 Å². The Kier molecular flexibility index (Phi) is 5.47. The SMILES string of the molecule is CCCCCCCn1c(-c2ccccc2)cc(=O)c2nc3ccccc3nc21. The zero-order valence-electron chi connectivity index (χ0n) is 16.3. The van der Waals surface area contributed by atoms with Crippen molar-refractivity contribution in [3.05, 3.63) is 70.9 Å². The molecule has 0 unspecified atom stereocenters. The van der Waals surface area contributed by atoms with E-state index in [1.54, 1.807) is 6.07 Å². The van der Waals surface area contributed by atoms with Gasteiger partial charge in [0.2, 0.25) is 5.43 Å². The van der Waals surface area contributed by atoms with Crippen LogP contribution in [0.2, 0.25) is 0 Å². The highest BCUT2D eigenvalue weighted by Crippen LogP contribution is 2.23. The molecule has 0 aliphatic heterocycles. The van der Waals surface area contributed by atoms with E-state index in [1.807, 2.05) is 54.6 Å². The number of fused-ring (bicyclic) bond motifs is 2. The molecule has 0 radical (unpaired) electrons. The van der Waals surface area contributed by atoms with Gasteiger partial charge < -0.3 is 4.57 Å². The maximum atomic E-state index is 12.9. The minimum atomic E-state index is -0.0747. The highest BCUT2D eigenvalue weighted by molar-refractivity contribution is 5.85. The van der Waals surface area contributed by atoms with Gasteiger partial charge in [-0.3, -0.25) is 4.79 Å². The van der Waals surface area contributed by atoms with E-state index < -0.39 is 0 Å². The summed E-state index contributed by atoms with van der Waals surface area (Å²) in [5.41, 5.74) is 4.58. The Morgan fingerprint density at radius 1 is 0.821 bits per heavy atom. The van der Waals surface area contributed by atoms with Gasteiger partial charge in [-0.25, -0.2) is 9.97 Å². The van der Waals surface area contributed by atoms with Crippen molar-refractivity contribution in [2.24, 2.45) is 0 Å². The third kappa shape index (κ3) is 3.68. The molecular formula is C24H25N3O. The Hall–Kier alpha value is -3.01. The number of hydrogen-bond donors (Lipinski definition) is 0. The number of pyridine rings is 1. The molecule has 4 heteroatoms. The first-order chi connectivity index (χ1) is 13.8. The third-order valence-electron chi connectivity index (χ3n) is 5.15. The molecular weight excluding hydrogens is 346 g/mol. The van der Waals surface area contributed by atoms with E-state index in [0.717, 1.165) is 35.3 Å². The van der Waals surface area contributed by atoms with Crippen molar-refractivity contribution in [3.63, 3.8) is 0 Å². The van der Waals surface area contributed by atoms with Gasteiger partial charge >= 0.3 is 0 Å². The van der Waals surface area contributed by atoms with Gasteiger partial charge in [-0.05, 0) is 24.1 Å². The summed E-state index contributed by atoms with van der Waals surface area (Å²) >= 11 is 0. The summed E-state index contributed by atoms with van der Waals surface area (Å²) in [4.78, 5) is 22.3. The zero-order valence-corrected chi connectivity index (χ0v) is 16.3. The average molecular weight is 371 g/mol. The van der Waals surface area contributed by atoms with Crippen molar-refractivity contribution in [3.8, 4) is 11.3 Å². The van der Waals surface area contributed by atoms with E-state index in [2.05, 4.69) is 16.5 Å². The summed E-state index contributed by atoms with van der Waals surface area (Å²) in [5, 5.41) is 0. The fourth-order valence-corrected chi connectivity index (χ4v) is 3.68. The summed E-state index contributed by atoms with van der Waals surface area (Å²) in [6.07, 6.45) is 5.97. The number of benzene rings is 2. The second-order valence-corrected chi connectivity index (χ2v) is 7.21. The second kappa shape index (κ2) is 8.34. The lowest BCUT2D eigenvalue weighted by Crippen LogP contribution is -2.15. The highest BCUT2D eigenvalue weighted by atomic mass is 16.1. The van der Waals surface area contributed by atoms with Crippen molar-refractivity contribution in [2.45, 2.75) is 45.6 Å². The number of aryl methyl sites for hydroxylation is 1. The molecule has 0 bridgehead atoms. The van der Waals surface area contributed by atoms with Gasteiger partial charge in [0.1, 0.15) is 0 Å². The first-order valence-electron chi connectivity index (χ1n) is 10.1. The molecule has 2 heterocycles. The van der Waals surface area contributed by atoms with E-state index in [4.69, 9.17) is 4.98 Å². The normalized spacial score (nSPS) is 11.3. The maximum Gasteiger partial charge on any atom is 0.210 e. The maximum absolute atomic E-state index is 12.9. The fourth-order valence-electron chi connectivity index (χ4n) is 3.68. The predicted molar refractivity (Wildman–Crippen MR) is 115 cm³/mol.